The van der Waals surface area contributed by atoms with E-state index in [4.69, 9.17) is 11.6 Å². The molecule has 0 fully saturated rings. The zero-order chi connectivity index (χ0) is 11.3. The summed E-state index contributed by atoms with van der Waals surface area (Å²) in [5, 5.41) is 10.8. The molecule has 1 N–H and O–H groups in total. The zero-order valence-corrected chi connectivity index (χ0v) is 10.5. The minimum Gasteiger partial charge on any atom is -0.507 e. The van der Waals surface area contributed by atoms with Crippen LogP contribution < -0.4 is 0 Å². The van der Waals surface area contributed by atoms with Crippen LogP contribution in [-0.4, -0.2) is 16.2 Å². The molecule has 0 aromatic heterocycles. The molecular formula is C11H12BrClO2. The molecule has 1 aromatic rings. The number of carbonyl (C=O) groups excluding carboxylic acids is 1. The Hall–Kier alpha value is -0.540. The van der Waals surface area contributed by atoms with Crippen molar-refractivity contribution in [1.82, 2.24) is 0 Å². The van der Waals surface area contributed by atoms with Crippen LogP contribution in [0.2, 0.25) is 5.02 Å². The standard InChI is InChI=1S/C11H12BrClO2/c12-6-2-1-3-10(14)9-7-8(13)4-5-11(9)15/h4-5,7,15H,1-3,6H2. The second-order valence-electron chi connectivity index (χ2n) is 3.23. The monoisotopic (exact) mass is 290 g/mol. The van der Waals surface area contributed by atoms with Crippen molar-refractivity contribution in [2.75, 3.05) is 5.33 Å². The lowest BCUT2D eigenvalue weighted by Gasteiger charge is -2.03. The molecule has 0 bridgehead atoms. The highest BCUT2D eigenvalue weighted by Gasteiger charge is 2.10. The topological polar surface area (TPSA) is 37.3 Å². The number of phenolic OH excluding ortho intramolecular Hbond substituents is 1. The highest BCUT2D eigenvalue weighted by molar-refractivity contribution is 9.09. The Morgan fingerprint density at radius 1 is 1.40 bits per heavy atom. The molecule has 0 aliphatic carbocycles. The van der Waals surface area contributed by atoms with E-state index in [9.17, 15) is 9.90 Å². The van der Waals surface area contributed by atoms with Crippen molar-refractivity contribution in [2.45, 2.75) is 19.3 Å². The Labute approximate surface area is 102 Å². The number of hydrogen-bond acceptors (Lipinski definition) is 2. The lowest BCUT2D eigenvalue weighted by atomic mass is 10.0. The van der Waals surface area contributed by atoms with Gasteiger partial charge in [0.05, 0.1) is 5.56 Å². The fourth-order valence-corrected chi connectivity index (χ4v) is 1.81. The molecule has 2 nitrogen and oxygen atoms in total. The smallest absolute Gasteiger partial charge is 0.166 e. The molecular weight excluding hydrogens is 279 g/mol. The van der Waals surface area contributed by atoms with E-state index in [2.05, 4.69) is 15.9 Å². The molecule has 0 heterocycles. The van der Waals surface area contributed by atoms with E-state index in [1.54, 1.807) is 6.07 Å². The van der Waals surface area contributed by atoms with Crippen molar-refractivity contribution in [3.63, 3.8) is 0 Å². The Bertz CT molecular complexity index is 352. The van der Waals surface area contributed by atoms with Crippen LogP contribution in [0, 0.1) is 0 Å². The molecule has 0 atom stereocenters. The highest BCUT2D eigenvalue weighted by atomic mass is 79.9. The number of Topliss-reactive ketones (excluding diaryl/α,β-unsaturated/α-hetero) is 1. The third-order valence-electron chi connectivity index (χ3n) is 2.05. The second kappa shape index (κ2) is 6.13. The van der Waals surface area contributed by atoms with Crippen molar-refractivity contribution in [1.29, 1.82) is 0 Å². The molecule has 15 heavy (non-hydrogen) atoms. The van der Waals surface area contributed by atoms with Crippen molar-refractivity contribution in [3.8, 4) is 5.75 Å². The second-order valence-corrected chi connectivity index (χ2v) is 4.46. The number of rotatable bonds is 5. The first-order chi connectivity index (χ1) is 7.15. The summed E-state index contributed by atoms with van der Waals surface area (Å²) in [6.45, 7) is 0. The maximum Gasteiger partial charge on any atom is 0.166 e. The van der Waals surface area contributed by atoms with Gasteiger partial charge >= 0.3 is 0 Å². The van der Waals surface area contributed by atoms with E-state index >= 15 is 0 Å². The molecule has 1 rings (SSSR count). The van der Waals surface area contributed by atoms with Crippen LogP contribution in [-0.2, 0) is 0 Å². The molecule has 0 saturated heterocycles. The molecule has 0 spiro atoms. The van der Waals surface area contributed by atoms with Gasteiger partial charge in [-0.1, -0.05) is 27.5 Å². The largest absolute Gasteiger partial charge is 0.507 e. The lowest BCUT2D eigenvalue weighted by Crippen LogP contribution is -1.99. The molecule has 0 aliphatic heterocycles. The van der Waals surface area contributed by atoms with Crippen LogP contribution in [0.25, 0.3) is 0 Å². The van der Waals surface area contributed by atoms with Crippen LogP contribution >= 0.6 is 27.5 Å². The molecule has 0 amide bonds. The van der Waals surface area contributed by atoms with E-state index in [1.165, 1.54) is 12.1 Å². The van der Waals surface area contributed by atoms with Gasteiger partial charge in [-0.25, -0.2) is 0 Å². The molecule has 0 saturated carbocycles. The third-order valence-corrected chi connectivity index (χ3v) is 2.84. The maximum atomic E-state index is 11.7. The molecule has 82 valence electrons. The Balaban J connectivity index is 2.68. The van der Waals surface area contributed by atoms with Crippen LogP contribution in [0.4, 0.5) is 0 Å². The van der Waals surface area contributed by atoms with Gasteiger partial charge in [0.2, 0.25) is 0 Å². The van der Waals surface area contributed by atoms with Gasteiger partial charge in [0.25, 0.3) is 0 Å². The lowest BCUT2D eigenvalue weighted by molar-refractivity contribution is 0.0977. The minimum absolute atomic E-state index is 0.00300. The van der Waals surface area contributed by atoms with E-state index in [0.29, 0.717) is 17.0 Å². The van der Waals surface area contributed by atoms with Gasteiger partial charge in [-0.05, 0) is 31.0 Å². The Morgan fingerprint density at radius 3 is 2.80 bits per heavy atom. The molecule has 4 heteroatoms. The quantitative estimate of drug-likeness (QED) is 0.509. The molecule has 0 radical (unpaired) electrons. The van der Waals surface area contributed by atoms with Crippen molar-refractivity contribution in [2.24, 2.45) is 0 Å². The van der Waals surface area contributed by atoms with Gasteiger partial charge in [0.1, 0.15) is 5.75 Å². The van der Waals surface area contributed by atoms with Crippen molar-refractivity contribution >= 4 is 33.3 Å². The van der Waals surface area contributed by atoms with Crippen LogP contribution in [0.1, 0.15) is 29.6 Å². The number of alkyl halides is 1. The predicted octanol–water partition coefficient (Wildman–Crippen LogP) is 3.79. The highest BCUT2D eigenvalue weighted by Crippen LogP contribution is 2.23. The normalized spacial score (nSPS) is 10.3. The summed E-state index contributed by atoms with van der Waals surface area (Å²) in [5.74, 6) is -0.0563. The fraction of sp³-hybridized carbons (Fsp3) is 0.364. The predicted molar refractivity (Wildman–Crippen MR) is 65.1 cm³/mol. The van der Waals surface area contributed by atoms with Gasteiger partial charge in [-0.15, -0.1) is 0 Å². The zero-order valence-electron chi connectivity index (χ0n) is 8.17. The maximum absolute atomic E-state index is 11.7. The summed E-state index contributed by atoms with van der Waals surface area (Å²) in [4.78, 5) is 11.7. The number of hydrogen-bond donors (Lipinski definition) is 1. The summed E-state index contributed by atoms with van der Waals surface area (Å²) in [6, 6.07) is 4.51. The van der Waals surface area contributed by atoms with Crippen molar-refractivity contribution < 1.29 is 9.90 Å². The minimum atomic E-state index is -0.0593. The number of benzene rings is 1. The first kappa shape index (κ1) is 12.5. The van der Waals surface area contributed by atoms with Gasteiger partial charge in [-0.3, -0.25) is 4.79 Å². The third kappa shape index (κ3) is 3.84. The van der Waals surface area contributed by atoms with Crippen LogP contribution in [0.5, 0.6) is 5.75 Å². The summed E-state index contributed by atoms with van der Waals surface area (Å²) >= 11 is 9.05. The molecule has 0 aliphatic rings. The summed E-state index contributed by atoms with van der Waals surface area (Å²) < 4.78 is 0. The summed E-state index contributed by atoms with van der Waals surface area (Å²) in [7, 11) is 0. The van der Waals surface area contributed by atoms with Gasteiger partial charge in [-0.2, -0.15) is 0 Å². The number of ketones is 1. The van der Waals surface area contributed by atoms with Crippen LogP contribution in [0.15, 0.2) is 18.2 Å². The van der Waals surface area contributed by atoms with E-state index in [0.717, 1.165) is 18.2 Å². The van der Waals surface area contributed by atoms with Gasteiger partial charge in [0, 0.05) is 16.8 Å². The number of aromatic hydroxyl groups is 1. The number of halogens is 2. The molecule has 1 aromatic carbocycles. The summed E-state index contributed by atoms with van der Waals surface area (Å²) in [5.41, 5.74) is 0.317. The first-order valence-corrected chi connectivity index (χ1v) is 6.22. The van der Waals surface area contributed by atoms with Gasteiger partial charge < -0.3 is 5.11 Å². The van der Waals surface area contributed by atoms with Crippen molar-refractivity contribution in [3.05, 3.63) is 28.8 Å². The first-order valence-electron chi connectivity index (χ1n) is 4.73. The Morgan fingerprint density at radius 2 is 2.13 bits per heavy atom. The SMILES string of the molecule is O=C(CCCCBr)c1cc(Cl)ccc1O. The number of unbranched alkanes of at least 4 members (excludes halogenated alkanes) is 1. The number of carbonyl (C=O) groups is 1. The van der Waals surface area contributed by atoms with E-state index in [1.807, 2.05) is 0 Å². The molecule has 0 unspecified atom stereocenters. The van der Waals surface area contributed by atoms with Crippen LogP contribution in [0.3, 0.4) is 0 Å². The van der Waals surface area contributed by atoms with E-state index < -0.39 is 0 Å². The number of phenols is 1. The fourth-order valence-electron chi connectivity index (χ4n) is 1.25. The average Bonchev–Trinajstić information content (AvgIpc) is 2.22. The summed E-state index contributed by atoms with van der Waals surface area (Å²) in [6.07, 6.45) is 2.21. The van der Waals surface area contributed by atoms with E-state index in [-0.39, 0.29) is 11.5 Å². The van der Waals surface area contributed by atoms with Gasteiger partial charge in [0.15, 0.2) is 5.78 Å². The Kier molecular flexibility index (Phi) is 5.12. The average molecular weight is 292 g/mol.